The van der Waals surface area contributed by atoms with Gasteiger partial charge in [0.1, 0.15) is 0 Å². The molecular weight excluding hydrogens is 326 g/mol. The standard InChI is InChI=1S/C18H21NO4S/c1-3-23-13-16-7-5-4-6-15(16)12-19-18(20)14-8-10-17(11-9-14)24(2,21)22/h4-11H,3,12-13H2,1-2H3,(H,19,20). The monoisotopic (exact) mass is 347 g/mol. The van der Waals surface area contributed by atoms with E-state index in [2.05, 4.69) is 5.32 Å². The van der Waals surface area contributed by atoms with Gasteiger partial charge in [-0.05, 0) is 42.3 Å². The maximum absolute atomic E-state index is 12.2. The van der Waals surface area contributed by atoms with Crippen LogP contribution in [0, 0.1) is 0 Å². The van der Waals surface area contributed by atoms with Gasteiger partial charge in [-0.25, -0.2) is 8.42 Å². The first-order valence-electron chi connectivity index (χ1n) is 7.64. The molecule has 6 heteroatoms. The average Bonchev–Trinajstić information content (AvgIpc) is 2.58. The molecule has 0 heterocycles. The molecule has 1 amide bonds. The Morgan fingerprint density at radius 2 is 1.67 bits per heavy atom. The van der Waals surface area contributed by atoms with Gasteiger partial charge in [0.05, 0.1) is 11.5 Å². The molecule has 128 valence electrons. The molecule has 24 heavy (non-hydrogen) atoms. The Hall–Kier alpha value is -2.18. The highest BCUT2D eigenvalue weighted by molar-refractivity contribution is 7.90. The number of ether oxygens (including phenoxy) is 1. The maximum atomic E-state index is 12.2. The van der Waals surface area contributed by atoms with Gasteiger partial charge in [0, 0.05) is 25.0 Å². The van der Waals surface area contributed by atoms with Crippen molar-refractivity contribution in [3.8, 4) is 0 Å². The van der Waals surface area contributed by atoms with E-state index in [1.54, 1.807) is 0 Å². The smallest absolute Gasteiger partial charge is 0.251 e. The van der Waals surface area contributed by atoms with Crippen LogP contribution >= 0.6 is 0 Å². The van der Waals surface area contributed by atoms with Crippen LogP contribution in [0.3, 0.4) is 0 Å². The van der Waals surface area contributed by atoms with Gasteiger partial charge in [-0.1, -0.05) is 24.3 Å². The predicted molar refractivity (Wildman–Crippen MR) is 92.5 cm³/mol. The van der Waals surface area contributed by atoms with Gasteiger partial charge in [0.2, 0.25) is 0 Å². The largest absolute Gasteiger partial charge is 0.377 e. The molecule has 0 saturated carbocycles. The molecule has 1 N–H and O–H groups in total. The van der Waals surface area contributed by atoms with E-state index in [0.29, 0.717) is 25.3 Å². The molecule has 5 nitrogen and oxygen atoms in total. The normalized spacial score (nSPS) is 11.2. The van der Waals surface area contributed by atoms with E-state index in [4.69, 9.17) is 4.74 Å². The molecule has 0 saturated heterocycles. The first kappa shape index (κ1) is 18.2. The lowest BCUT2D eigenvalue weighted by atomic mass is 10.1. The molecule has 2 aromatic carbocycles. The summed E-state index contributed by atoms with van der Waals surface area (Å²) in [5.74, 6) is -0.249. The fraction of sp³-hybridized carbons (Fsp3) is 0.278. The highest BCUT2D eigenvalue weighted by atomic mass is 32.2. The van der Waals surface area contributed by atoms with Gasteiger partial charge in [0.15, 0.2) is 9.84 Å². The Morgan fingerprint density at radius 1 is 1.04 bits per heavy atom. The van der Waals surface area contributed by atoms with Gasteiger partial charge in [-0.2, -0.15) is 0 Å². The summed E-state index contributed by atoms with van der Waals surface area (Å²) in [5.41, 5.74) is 2.45. The van der Waals surface area contributed by atoms with E-state index >= 15 is 0 Å². The third-order valence-corrected chi connectivity index (χ3v) is 4.69. The van der Waals surface area contributed by atoms with Crippen LogP contribution in [0.15, 0.2) is 53.4 Å². The number of carbonyl (C=O) groups is 1. The summed E-state index contributed by atoms with van der Waals surface area (Å²) in [6.07, 6.45) is 1.14. The van der Waals surface area contributed by atoms with E-state index in [0.717, 1.165) is 17.4 Å². The summed E-state index contributed by atoms with van der Waals surface area (Å²) in [7, 11) is -3.26. The third-order valence-electron chi connectivity index (χ3n) is 3.56. The zero-order chi connectivity index (χ0) is 17.6. The van der Waals surface area contributed by atoms with Crippen LogP contribution in [0.25, 0.3) is 0 Å². The summed E-state index contributed by atoms with van der Waals surface area (Å²) in [5, 5.41) is 2.85. The second-order valence-corrected chi connectivity index (χ2v) is 7.40. The molecule has 0 bridgehead atoms. The highest BCUT2D eigenvalue weighted by Gasteiger charge is 2.10. The minimum Gasteiger partial charge on any atom is -0.377 e. The van der Waals surface area contributed by atoms with Crippen LogP contribution in [-0.2, 0) is 27.7 Å². The lowest BCUT2D eigenvalue weighted by Gasteiger charge is -2.11. The first-order valence-corrected chi connectivity index (χ1v) is 9.54. The van der Waals surface area contributed by atoms with Crippen molar-refractivity contribution in [1.29, 1.82) is 0 Å². The molecule has 0 unspecified atom stereocenters. The molecule has 0 aromatic heterocycles. The lowest BCUT2D eigenvalue weighted by Crippen LogP contribution is -2.23. The Balaban J connectivity index is 2.03. The van der Waals surface area contributed by atoms with Crippen molar-refractivity contribution in [1.82, 2.24) is 5.32 Å². The van der Waals surface area contributed by atoms with Crippen molar-refractivity contribution in [2.75, 3.05) is 12.9 Å². The van der Waals surface area contributed by atoms with E-state index in [-0.39, 0.29) is 10.8 Å². The van der Waals surface area contributed by atoms with Crippen LogP contribution in [0.2, 0.25) is 0 Å². The Morgan fingerprint density at radius 3 is 2.25 bits per heavy atom. The SMILES string of the molecule is CCOCc1ccccc1CNC(=O)c1ccc(S(C)(=O)=O)cc1. The van der Waals surface area contributed by atoms with Crippen molar-refractivity contribution in [3.63, 3.8) is 0 Å². The molecule has 2 rings (SSSR count). The molecule has 0 aliphatic heterocycles. The number of hydrogen-bond acceptors (Lipinski definition) is 4. The van der Waals surface area contributed by atoms with Crippen molar-refractivity contribution < 1.29 is 17.9 Å². The van der Waals surface area contributed by atoms with Crippen LogP contribution in [-0.4, -0.2) is 27.2 Å². The van der Waals surface area contributed by atoms with Gasteiger partial charge >= 0.3 is 0 Å². The predicted octanol–water partition coefficient (Wildman–Crippen LogP) is 2.56. The van der Waals surface area contributed by atoms with Crippen LogP contribution in [0.1, 0.15) is 28.4 Å². The van der Waals surface area contributed by atoms with Crippen molar-refractivity contribution in [3.05, 3.63) is 65.2 Å². The van der Waals surface area contributed by atoms with Gasteiger partial charge in [-0.15, -0.1) is 0 Å². The van der Waals surface area contributed by atoms with Gasteiger partial charge in [0.25, 0.3) is 5.91 Å². The molecule has 0 aliphatic rings. The number of nitrogens with one attached hydrogen (secondary N) is 1. The number of carbonyl (C=O) groups excluding carboxylic acids is 1. The summed E-state index contributed by atoms with van der Waals surface area (Å²) >= 11 is 0. The topological polar surface area (TPSA) is 72.5 Å². The molecule has 2 aromatic rings. The summed E-state index contributed by atoms with van der Waals surface area (Å²) < 4.78 is 28.3. The van der Waals surface area contributed by atoms with Gasteiger partial charge < -0.3 is 10.1 Å². The maximum Gasteiger partial charge on any atom is 0.251 e. The lowest BCUT2D eigenvalue weighted by molar-refractivity contribution is 0.0949. The van der Waals surface area contributed by atoms with Crippen LogP contribution in [0.5, 0.6) is 0 Å². The Kier molecular flexibility index (Phi) is 6.11. The fourth-order valence-electron chi connectivity index (χ4n) is 2.21. The highest BCUT2D eigenvalue weighted by Crippen LogP contribution is 2.12. The quantitative estimate of drug-likeness (QED) is 0.835. The molecule has 0 aliphatic carbocycles. The van der Waals surface area contributed by atoms with E-state index in [9.17, 15) is 13.2 Å². The summed E-state index contributed by atoms with van der Waals surface area (Å²) in [6.45, 7) is 3.46. The van der Waals surface area contributed by atoms with E-state index < -0.39 is 9.84 Å². The molecule has 0 atom stereocenters. The van der Waals surface area contributed by atoms with Gasteiger partial charge in [-0.3, -0.25) is 4.79 Å². The molecule has 0 fully saturated rings. The number of amides is 1. The number of hydrogen-bond donors (Lipinski definition) is 1. The molecular formula is C18H21NO4S. The summed E-state index contributed by atoms with van der Waals surface area (Å²) in [6, 6.07) is 13.7. The fourth-order valence-corrected chi connectivity index (χ4v) is 2.84. The minimum atomic E-state index is -3.26. The number of sulfone groups is 1. The Labute approximate surface area is 142 Å². The van der Waals surface area contributed by atoms with Crippen LogP contribution < -0.4 is 5.32 Å². The average molecular weight is 347 g/mol. The van der Waals surface area contributed by atoms with Crippen LogP contribution in [0.4, 0.5) is 0 Å². The number of rotatable bonds is 7. The second-order valence-electron chi connectivity index (χ2n) is 5.39. The zero-order valence-electron chi connectivity index (χ0n) is 13.8. The zero-order valence-corrected chi connectivity index (χ0v) is 14.6. The third kappa shape index (κ3) is 4.91. The summed E-state index contributed by atoms with van der Waals surface area (Å²) in [4.78, 5) is 12.4. The minimum absolute atomic E-state index is 0.195. The van der Waals surface area contributed by atoms with E-state index in [1.165, 1.54) is 24.3 Å². The Bertz CT molecular complexity index is 798. The van der Waals surface area contributed by atoms with Crippen molar-refractivity contribution in [2.45, 2.75) is 25.0 Å². The molecule has 0 spiro atoms. The first-order chi connectivity index (χ1) is 11.4. The van der Waals surface area contributed by atoms with Crippen molar-refractivity contribution in [2.24, 2.45) is 0 Å². The van der Waals surface area contributed by atoms with Crippen molar-refractivity contribution >= 4 is 15.7 Å². The number of benzene rings is 2. The second kappa shape index (κ2) is 8.08. The van der Waals surface area contributed by atoms with E-state index in [1.807, 2.05) is 31.2 Å². The molecule has 0 radical (unpaired) electrons.